The molecule has 0 radical (unpaired) electrons. The predicted molar refractivity (Wildman–Crippen MR) is 92.3 cm³/mol. The lowest BCUT2D eigenvalue weighted by Crippen LogP contribution is -2.04. The van der Waals surface area contributed by atoms with Gasteiger partial charge in [0.15, 0.2) is 0 Å². The maximum Gasteiger partial charge on any atom is 0.342 e. The molecule has 0 amide bonds. The van der Waals surface area contributed by atoms with Crippen molar-refractivity contribution < 1.29 is 28.8 Å². The van der Waals surface area contributed by atoms with Gasteiger partial charge < -0.3 is 24.1 Å². The summed E-state index contributed by atoms with van der Waals surface area (Å²) in [5.74, 6) is 0.480. The zero-order chi connectivity index (χ0) is 18.4. The molecule has 0 fully saturated rings. The molecule has 0 saturated heterocycles. The second kappa shape index (κ2) is 8.05. The molecule has 1 aromatic carbocycles. The van der Waals surface area contributed by atoms with Gasteiger partial charge in [0.25, 0.3) is 0 Å². The van der Waals surface area contributed by atoms with Crippen LogP contribution in [0.15, 0.2) is 24.3 Å². The number of esters is 1. The maximum atomic E-state index is 12.0. The van der Waals surface area contributed by atoms with Crippen LogP contribution in [0.25, 0.3) is 12.2 Å². The van der Waals surface area contributed by atoms with Crippen LogP contribution in [0.2, 0.25) is 0 Å². The first-order valence-corrected chi connectivity index (χ1v) is 7.29. The fourth-order valence-corrected chi connectivity index (χ4v) is 2.18. The van der Waals surface area contributed by atoms with Crippen LogP contribution in [-0.2, 0) is 4.74 Å². The molecule has 0 aliphatic heterocycles. The van der Waals surface area contributed by atoms with Crippen molar-refractivity contribution in [2.24, 2.45) is 0 Å². The number of pyridine rings is 1. The van der Waals surface area contributed by atoms with E-state index in [1.54, 1.807) is 30.4 Å². The molecule has 25 heavy (non-hydrogen) atoms. The molecule has 0 unspecified atom stereocenters. The summed E-state index contributed by atoms with van der Waals surface area (Å²) < 4.78 is 20.2. The second-order valence-corrected chi connectivity index (χ2v) is 4.91. The van der Waals surface area contributed by atoms with Crippen LogP contribution < -0.4 is 14.2 Å². The standard InChI is InChI=1S/C18H19NO6/c1-22-13-7-11(17(15(20)9-13)18(21)25-4)5-6-12-8-14(23-2)10-16(19-12)24-3/h5-10,20H,1-4H3. The highest BCUT2D eigenvalue weighted by atomic mass is 16.5. The lowest BCUT2D eigenvalue weighted by Gasteiger charge is -2.10. The van der Waals surface area contributed by atoms with Crippen molar-refractivity contribution in [2.75, 3.05) is 28.4 Å². The van der Waals surface area contributed by atoms with Crippen molar-refractivity contribution in [1.82, 2.24) is 4.98 Å². The third kappa shape index (κ3) is 4.20. The van der Waals surface area contributed by atoms with Gasteiger partial charge >= 0.3 is 5.97 Å². The highest BCUT2D eigenvalue weighted by molar-refractivity contribution is 5.97. The summed E-state index contributed by atoms with van der Waals surface area (Å²) in [6.45, 7) is 0. The SMILES string of the molecule is COC(=O)c1c(O)cc(OC)cc1C=Cc1cc(OC)cc(OC)n1. The van der Waals surface area contributed by atoms with Gasteiger partial charge in [-0.25, -0.2) is 9.78 Å². The zero-order valence-corrected chi connectivity index (χ0v) is 14.4. The maximum absolute atomic E-state index is 12.0. The molecule has 0 bridgehead atoms. The number of nitrogens with zero attached hydrogens (tertiary/aromatic N) is 1. The summed E-state index contributed by atoms with van der Waals surface area (Å²) in [5.41, 5.74) is 1.01. The van der Waals surface area contributed by atoms with Crippen molar-refractivity contribution in [1.29, 1.82) is 0 Å². The fourth-order valence-electron chi connectivity index (χ4n) is 2.18. The van der Waals surface area contributed by atoms with Gasteiger partial charge in [-0.3, -0.25) is 0 Å². The van der Waals surface area contributed by atoms with Gasteiger partial charge in [0.1, 0.15) is 22.8 Å². The van der Waals surface area contributed by atoms with Crippen molar-refractivity contribution in [3.05, 3.63) is 41.1 Å². The Kier molecular flexibility index (Phi) is 5.84. The number of phenolic OH excluding ortho intramolecular Hbond substituents is 1. The lowest BCUT2D eigenvalue weighted by atomic mass is 10.0. The summed E-state index contributed by atoms with van der Waals surface area (Å²) in [5, 5.41) is 10.1. The Morgan fingerprint density at radius 1 is 0.960 bits per heavy atom. The van der Waals surface area contributed by atoms with E-state index in [1.165, 1.54) is 34.5 Å². The average molecular weight is 345 g/mol. The number of aromatic nitrogens is 1. The number of methoxy groups -OCH3 is 4. The molecule has 0 aliphatic carbocycles. The minimum atomic E-state index is -0.656. The van der Waals surface area contributed by atoms with Gasteiger partial charge in [-0.15, -0.1) is 0 Å². The van der Waals surface area contributed by atoms with E-state index in [0.29, 0.717) is 28.6 Å². The first kappa shape index (κ1) is 18.1. The quantitative estimate of drug-likeness (QED) is 0.806. The molecule has 0 aliphatic rings. The molecular formula is C18H19NO6. The monoisotopic (exact) mass is 345 g/mol. The normalized spacial score (nSPS) is 10.6. The summed E-state index contributed by atoms with van der Waals surface area (Å²) >= 11 is 0. The van der Waals surface area contributed by atoms with Gasteiger partial charge in [0.05, 0.1) is 34.1 Å². The fraction of sp³-hybridized carbons (Fsp3) is 0.222. The van der Waals surface area contributed by atoms with E-state index in [0.717, 1.165) is 0 Å². The second-order valence-electron chi connectivity index (χ2n) is 4.91. The van der Waals surface area contributed by atoms with E-state index < -0.39 is 5.97 Å². The smallest absolute Gasteiger partial charge is 0.342 e. The van der Waals surface area contributed by atoms with Crippen LogP contribution in [0, 0.1) is 0 Å². The molecule has 0 spiro atoms. The average Bonchev–Trinajstić information content (AvgIpc) is 2.64. The number of aromatic hydroxyl groups is 1. The largest absolute Gasteiger partial charge is 0.507 e. The predicted octanol–water partition coefficient (Wildman–Crippen LogP) is 2.77. The topological polar surface area (TPSA) is 87.1 Å². The highest BCUT2D eigenvalue weighted by Gasteiger charge is 2.17. The lowest BCUT2D eigenvalue weighted by molar-refractivity contribution is 0.0597. The Morgan fingerprint density at radius 3 is 2.24 bits per heavy atom. The molecule has 1 N–H and O–H groups in total. The third-order valence-electron chi connectivity index (χ3n) is 3.42. The molecule has 0 saturated carbocycles. The van der Waals surface area contributed by atoms with Gasteiger partial charge in [0.2, 0.25) is 5.88 Å². The van der Waals surface area contributed by atoms with E-state index in [9.17, 15) is 9.90 Å². The first-order chi connectivity index (χ1) is 12.0. The van der Waals surface area contributed by atoms with Crippen molar-refractivity contribution in [3.8, 4) is 23.1 Å². The number of benzene rings is 1. The van der Waals surface area contributed by atoms with Crippen LogP contribution >= 0.6 is 0 Å². The van der Waals surface area contributed by atoms with E-state index in [4.69, 9.17) is 18.9 Å². The molecular weight excluding hydrogens is 326 g/mol. The molecule has 1 heterocycles. The van der Waals surface area contributed by atoms with Crippen LogP contribution in [0.4, 0.5) is 0 Å². The molecule has 0 atom stereocenters. The van der Waals surface area contributed by atoms with Crippen LogP contribution in [0.5, 0.6) is 23.1 Å². The number of hydrogen-bond acceptors (Lipinski definition) is 7. The number of hydrogen-bond donors (Lipinski definition) is 1. The highest BCUT2D eigenvalue weighted by Crippen LogP contribution is 2.30. The van der Waals surface area contributed by atoms with E-state index in [2.05, 4.69) is 4.98 Å². The molecule has 7 heteroatoms. The minimum Gasteiger partial charge on any atom is -0.507 e. The number of ether oxygens (including phenoxy) is 4. The zero-order valence-electron chi connectivity index (χ0n) is 14.4. The van der Waals surface area contributed by atoms with Crippen molar-refractivity contribution in [2.45, 2.75) is 0 Å². The van der Waals surface area contributed by atoms with Crippen LogP contribution in [-0.4, -0.2) is 44.5 Å². The first-order valence-electron chi connectivity index (χ1n) is 7.29. The Labute approximate surface area is 145 Å². The van der Waals surface area contributed by atoms with E-state index in [-0.39, 0.29) is 11.3 Å². The molecule has 1 aromatic heterocycles. The Hall–Kier alpha value is -3.22. The Balaban J connectivity index is 2.50. The number of carbonyl (C=O) groups excluding carboxylic acids is 1. The van der Waals surface area contributed by atoms with E-state index in [1.807, 2.05) is 0 Å². The van der Waals surface area contributed by atoms with Crippen LogP contribution in [0.1, 0.15) is 21.6 Å². The molecule has 2 rings (SSSR count). The minimum absolute atomic E-state index is 0.0365. The van der Waals surface area contributed by atoms with E-state index >= 15 is 0 Å². The van der Waals surface area contributed by atoms with Gasteiger partial charge in [-0.1, -0.05) is 6.08 Å². The molecule has 2 aromatic rings. The number of rotatable bonds is 6. The summed E-state index contributed by atoms with van der Waals surface area (Å²) in [4.78, 5) is 16.2. The number of carbonyl (C=O) groups is 1. The van der Waals surface area contributed by atoms with Crippen molar-refractivity contribution in [3.63, 3.8) is 0 Å². The van der Waals surface area contributed by atoms with Gasteiger partial charge in [-0.2, -0.15) is 0 Å². The molecule has 132 valence electrons. The van der Waals surface area contributed by atoms with Crippen molar-refractivity contribution >= 4 is 18.1 Å². The Morgan fingerprint density at radius 2 is 1.64 bits per heavy atom. The van der Waals surface area contributed by atoms with Gasteiger partial charge in [0, 0.05) is 18.2 Å². The molecule has 7 nitrogen and oxygen atoms in total. The summed E-state index contributed by atoms with van der Waals surface area (Å²) in [6, 6.07) is 6.31. The number of phenols is 1. The van der Waals surface area contributed by atoms with Gasteiger partial charge in [-0.05, 0) is 17.7 Å². The third-order valence-corrected chi connectivity index (χ3v) is 3.42. The Bertz CT molecular complexity index is 778. The summed E-state index contributed by atoms with van der Waals surface area (Å²) in [6.07, 6.45) is 3.28. The summed E-state index contributed by atoms with van der Waals surface area (Å²) in [7, 11) is 5.75. The van der Waals surface area contributed by atoms with Crippen LogP contribution in [0.3, 0.4) is 0 Å².